The highest BCUT2D eigenvalue weighted by atomic mass is 79.9. The number of esters is 1. The van der Waals surface area contributed by atoms with Crippen molar-refractivity contribution in [1.29, 1.82) is 0 Å². The highest BCUT2D eigenvalue weighted by Gasteiger charge is 2.24. The van der Waals surface area contributed by atoms with Crippen molar-refractivity contribution >= 4 is 27.7 Å². The highest BCUT2D eigenvalue weighted by Crippen LogP contribution is 2.31. The molecule has 0 saturated heterocycles. The molecule has 1 atom stereocenters. The molecule has 1 aromatic carbocycles. The maximum atomic E-state index is 12.6. The molecule has 4 rings (SSSR count). The first-order valence-electron chi connectivity index (χ1n) is 9.43. The average Bonchev–Trinajstić information content (AvgIpc) is 3.30. The molecule has 0 spiro atoms. The molecule has 0 saturated carbocycles. The van der Waals surface area contributed by atoms with Crippen LogP contribution in [0.15, 0.2) is 51.6 Å². The van der Waals surface area contributed by atoms with E-state index >= 15 is 0 Å². The summed E-state index contributed by atoms with van der Waals surface area (Å²) in [6.07, 6.45) is -0.178. The molecule has 0 fully saturated rings. The van der Waals surface area contributed by atoms with Crippen LogP contribution in [-0.4, -0.2) is 35.6 Å². The Hall–Kier alpha value is -3.00. The molecule has 156 valence electrons. The number of carbonyl (C=O) groups excluding carboxylic acids is 2. The molecule has 0 aliphatic carbocycles. The Morgan fingerprint density at radius 1 is 1.17 bits per heavy atom. The monoisotopic (exact) mass is 473 g/mol. The van der Waals surface area contributed by atoms with Gasteiger partial charge in [-0.05, 0) is 60.1 Å². The van der Waals surface area contributed by atoms with Crippen LogP contribution >= 0.6 is 15.9 Å². The zero-order valence-corrected chi connectivity index (χ0v) is 18.1. The minimum Gasteiger partial charge on any atom is -0.486 e. The molecule has 30 heavy (non-hydrogen) atoms. The van der Waals surface area contributed by atoms with Gasteiger partial charge in [0.05, 0.1) is 6.54 Å². The molecular formula is C22H20BrNO6. The molecule has 0 radical (unpaired) electrons. The van der Waals surface area contributed by atoms with Gasteiger partial charge in [0.2, 0.25) is 11.5 Å². The molecule has 0 bridgehead atoms. The average molecular weight is 474 g/mol. The standard InChI is InChI=1S/C22H20BrNO6/c1-13-9-16(17(25)12-28-22(26)20-7-8-21(23)30-20)14(2)24(13)10-15-11-27-18-5-3-4-6-19(18)29-15/h3-9,15H,10-12H2,1-2H3/t15-/m1/s1. The number of rotatable bonds is 6. The van der Waals surface area contributed by atoms with Gasteiger partial charge < -0.3 is 23.2 Å². The minimum atomic E-state index is -0.686. The molecule has 2 aromatic heterocycles. The summed E-state index contributed by atoms with van der Waals surface area (Å²) < 4.78 is 24.5. The van der Waals surface area contributed by atoms with Crippen molar-refractivity contribution < 1.29 is 28.2 Å². The second-order valence-electron chi connectivity index (χ2n) is 7.00. The summed E-state index contributed by atoms with van der Waals surface area (Å²) in [6.45, 7) is 4.39. The van der Waals surface area contributed by atoms with E-state index in [2.05, 4.69) is 15.9 Å². The van der Waals surface area contributed by atoms with E-state index in [1.807, 2.05) is 42.7 Å². The number of ether oxygens (including phenoxy) is 3. The maximum Gasteiger partial charge on any atom is 0.374 e. The third kappa shape index (κ3) is 4.14. The number of halogens is 1. The number of hydrogen-bond donors (Lipinski definition) is 0. The molecule has 3 aromatic rings. The van der Waals surface area contributed by atoms with Crippen molar-refractivity contribution in [3.05, 3.63) is 69.8 Å². The van der Waals surface area contributed by atoms with Crippen molar-refractivity contribution in [2.24, 2.45) is 0 Å². The van der Waals surface area contributed by atoms with Gasteiger partial charge in [0.25, 0.3) is 0 Å². The van der Waals surface area contributed by atoms with Crippen LogP contribution < -0.4 is 9.47 Å². The summed E-state index contributed by atoms with van der Waals surface area (Å²) in [6, 6.07) is 12.4. The van der Waals surface area contributed by atoms with Gasteiger partial charge in [-0.3, -0.25) is 4.79 Å². The number of aromatic nitrogens is 1. The van der Waals surface area contributed by atoms with E-state index in [9.17, 15) is 9.59 Å². The number of nitrogens with zero attached hydrogens (tertiary/aromatic N) is 1. The van der Waals surface area contributed by atoms with Crippen LogP contribution in [0, 0.1) is 13.8 Å². The van der Waals surface area contributed by atoms with Crippen molar-refractivity contribution in [1.82, 2.24) is 4.57 Å². The number of hydrogen-bond acceptors (Lipinski definition) is 6. The molecule has 0 amide bonds. The first-order valence-corrected chi connectivity index (χ1v) is 10.2. The van der Waals surface area contributed by atoms with Crippen LogP contribution in [0.5, 0.6) is 11.5 Å². The Kier molecular flexibility index (Phi) is 5.67. The van der Waals surface area contributed by atoms with E-state index in [0.717, 1.165) is 17.1 Å². The van der Waals surface area contributed by atoms with Gasteiger partial charge in [-0.15, -0.1) is 0 Å². The fourth-order valence-corrected chi connectivity index (χ4v) is 3.73. The Labute approximate surface area is 181 Å². The third-order valence-corrected chi connectivity index (χ3v) is 5.36. The predicted octanol–water partition coefficient (Wildman–Crippen LogP) is 4.34. The highest BCUT2D eigenvalue weighted by molar-refractivity contribution is 9.10. The lowest BCUT2D eigenvalue weighted by Gasteiger charge is -2.27. The lowest BCUT2D eigenvalue weighted by atomic mass is 10.1. The number of aryl methyl sites for hydroxylation is 1. The summed E-state index contributed by atoms with van der Waals surface area (Å²) >= 11 is 3.12. The molecule has 1 aliphatic rings. The molecular weight excluding hydrogens is 454 g/mol. The molecule has 7 nitrogen and oxygen atoms in total. The van der Waals surface area contributed by atoms with E-state index in [-0.39, 0.29) is 24.3 Å². The van der Waals surface area contributed by atoms with Gasteiger partial charge in [-0.2, -0.15) is 0 Å². The second-order valence-corrected chi connectivity index (χ2v) is 7.78. The number of para-hydroxylation sites is 2. The number of furan rings is 1. The topological polar surface area (TPSA) is 79.9 Å². The van der Waals surface area contributed by atoms with Crippen molar-refractivity contribution in [2.75, 3.05) is 13.2 Å². The van der Waals surface area contributed by atoms with E-state index in [4.69, 9.17) is 18.6 Å². The van der Waals surface area contributed by atoms with Crippen LogP contribution in [0.4, 0.5) is 0 Å². The Morgan fingerprint density at radius 3 is 2.67 bits per heavy atom. The van der Waals surface area contributed by atoms with Gasteiger partial charge in [0.15, 0.2) is 28.9 Å². The quantitative estimate of drug-likeness (QED) is 0.391. The first-order chi connectivity index (χ1) is 14.4. The van der Waals surface area contributed by atoms with Gasteiger partial charge in [0, 0.05) is 17.0 Å². The molecule has 3 heterocycles. The second kappa shape index (κ2) is 8.39. The van der Waals surface area contributed by atoms with Crippen LogP contribution in [0.1, 0.15) is 32.3 Å². The summed E-state index contributed by atoms with van der Waals surface area (Å²) in [5.74, 6) is 0.517. The largest absolute Gasteiger partial charge is 0.486 e. The van der Waals surface area contributed by atoms with E-state index in [1.54, 1.807) is 12.1 Å². The van der Waals surface area contributed by atoms with E-state index < -0.39 is 5.97 Å². The number of carbonyl (C=O) groups is 2. The van der Waals surface area contributed by atoms with Crippen molar-refractivity contribution in [3.63, 3.8) is 0 Å². The van der Waals surface area contributed by atoms with Crippen molar-refractivity contribution in [3.8, 4) is 11.5 Å². The molecule has 8 heteroatoms. The maximum absolute atomic E-state index is 12.6. The summed E-state index contributed by atoms with van der Waals surface area (Å²) in [5.41, 5.74) is 2.22. The van der Waals surface area contributed by atoms with Crippen LogP contribution in [0.25, 0.3) is 0 Å². The SMILES string of the molecule is Cc1cc(C(=O)COC(=O)c2ccc(Br)o2)c(C)n1C[C@@H]1COc2ccccc2O1. The lowest BCUT2D eigenvalue weighted by molar-refractivity contribution is 0.0442. The van der Waals surface area contributed by atoms with Gasteiger partial charge in [0.1, 0.15) is 6.61 Å². The van der Waals surface area contributed by atoms with Crippen LogP contribution in [-0.2, 0) is 11.3 Å². The Balaban J connectivity index is 1.42. The Bertz CT molecular complexity index is 1100. The summed E-state index contributed by atoms with van der Waals surface area (Å²) in [7, 11) is 0. The fourth-order valence-electron chi connectivity index (χ4n) is 3.43. The first kappa shape index (κ1) is 20.3. The van der Waals surface area contributed by atoms with Gasteiger partial charge in [-0.1, -0.05) is 12.1 Å². The number of ketones is 1. The lowest BCUT2D eigenvalue weighted by Crippen LogP contribution is -2.33. The van der Waals surface area contributed by atoms with Gasteiger partial charge in [-0.25, -0.2) is 4.79 Å². The zero-order valence-electron chi connectivity index (χ0n) is 16.5. The van der Waals surface area contributed by atoms with E-state index in [0.29, 0.717) is 29.1 Å². The van der Waals surface area contributed by atoms with E-state index in [1.165, 1.54) is 6.07 Å². The fraction of sp³-hybridized carbons (Fsp3) is 0.273. The number of Topliss-reactive ketones (excluding diaryl/α,β-unsaturated/α-hetero) is 1. The summed E-state index contributed by atoms with van der Waals surface area (Å²) in [5, 5.41) is 0. The minimum absolute atomic E-state index is 0.0369. The van der Waals surface area contributed by atoms with Gasteiger partial charge >= 0.3 is 5.97 Å². The smallest absolute Gasteiger partial charge is 0.374 e. The number of benzene rings is 1. The molecule has 1 aliphatic heterocycles. The van der Waals surface area contributed by atoms with Crippen LogP contribution in [0.2, 0.25) is 0 Å². The Morgan fingerprint density at radius 2 is 1.93 bits per heavy atom. The predicted molar refractivity (Wildman–Crippen MR) is 111 cm³/mol. The van der Waals surface area contributed by atoms with Crippen molar-refractivity contribution in [2.45, 2.75) is 26.5 Å². The number of fused-ring (bicyclic) bond motifs is 1. The normalized spacial score (nSPS) is 15.1. The zero-order chi connectivity index (χ0) is 21.3. The molecule has 0 N–H and O–H groups in total. The third-order valence-electron chi connectivity index (χ3n) is 4.94. The summed E-state index contributed by atoms with van der Waals surface area (Å²) in [4.78, 5) is 24.6. The molecule has 0 unspecified atom stereocenters. The van der Waals surface area contributed by atoms with Crippen LogP contribution in [0.3, 0.4) is 0 Å².